The second-order valence-electron chi connectivity index (χ2n) is 3.75. The van der Waals surface area contributed by atoms with Crippen LogP contribution in [0.3, 0.4) is 0 Å². The van der Waals surface area contributed by atoms with Gasteiger partial charge in [0.05, 0.1) is 11.8 Å². The van der Waals surface area contributed by atoms with Crippen LogP contribution in [0.1, 0.15) is 11.5 Å². The van der Waals surface area contributed by atoms with Crippen LogP contribution in [-0.2, 0) is 14.3 Å². The van der Waals surface area contributed by atoms with Crippen LogP contribution in [0, 0.1) is 0 Å². The molecule has 0 spiro atoms. The summed E-state index contributed by atoms with van der Waals surface area (Å²) in [5.74, 6) is 0.328. The molecule has 3 rings (SSSR count). The van der Waals surface area contributed by atoms with Gasteiger partial charge in [-0.3, -0.25) is 0 Å². The van der Waals surface area contributed by atoms with Gasteiger partial charge in [-0.1, -0.05) is 30.3 Å². The first-order valence-electron chi connectivity index (χ1n) is 5.15. The van der Waals surface area contributed by atoms with Crippen molar-refractivity contribution < 1.29 is 14.3 Å². The van der Waals surface area contributed by atoms with Crippen molar-refractivity contribution in [1.29, 1.82) is 0 Å². The van der Waals surface area contributed by atoms with E-state index >= 15 is 0 Å². The lowest BCUT2D eigenvalue weighted by Gasteiger charge is -2.17. The maximum absolute atomic E-state index is 11.6. The third kappa shape index (κ3) is 1.33. The molecule has 0 amide bonds. The van der Waals surface area contributed by atoms with Gasteiger partial charge in [0.25, 0.3) is 0 Å². The number of cyclic esters (lactones) is 1. The molecule has 2 aliphatic rings. The van der Waals surface area contributed by atoms with Crippen LogP contribution in [0.15, 0.2) is 54.0 Å². The molecule has 0 saturated heterocycles. The summed E-state index contributed by atoms with van der Waals surface area (Å²) in [5.41, 5.74) is 1.71. The van der Waals surface area contributed by atoms with Crippen molar-refractivity contribution in [2.45, 2.75) is 5.92 Å². The van der Waals surface area contributed by atoms with E-state index in [0.717, 1.165) is 5.56 Å². The number of rotatable bonds is 1. The summed E-state index contributed by atoms with van der Waals surface area (Å²) in [6.45, 7) is 0.252. The Balaban J connectivity index is 2.04. The Bertz CT molecular complexity index is 485. The van der Waals surface area contributed by atoms with E-state index in [2.05, 4.69) is 0 Å². The first kappa shape index (κ1) is 9.21. The topological polar surface area (TPSA) is 35.5 Å². The molecule has 1 atom stereocenters. The highest BCUT2D eigenvalue weighted by Gasteiger charge is 2.34. The van der Waals surface area contributed by atoms with Gasteiger partial charge in [-0.15, -0.1) is 0 Å². The smallest absolute Gasteiger partial charge is 0.338 e. The quantitative estimate of drug-likeness (QED) is 0.672. The molecule has 0 aliphatic carbocycles. The molecule has 0 N–H and O–H groups in total. The minimum absolute atomic E-state index is 0.0417. The Hall–Kier alpha value is -2.03. The molecule has 1 aromatic rings. The van der Waals surface area contributed by atoms with E-state index < -0.39 is 0 Å². The molecule has 80 valence electrons. The molecule has 1 aromatic carbocycles. The SMILES string of the molecule is O=C1OCC2=C1[C@@H](c1ccccc1)C=CO2. The van der Waals surface area contributed by atoms with Gasteiger partial charge < -0.3 is 9.47 Å². The molecular formula is C13H10O3. The lowest BCUT2D eigenvalue weighted by molar-refractivity contribution is -0.136. The molecule has 0 saturated carbocycles. The van der Waals surface area contributed by atoms with Gasteiger partial charge in [0.1, 0.15) is 6.61 Å². The second kappa shape index (κ2) is 3.52. The van der Waals surface area contributed by atoms with E-state index in [1.54, 1.807) is 6.26 Å². The van der Waals surface area contributed by atoms with Crippen LogP contribution in [0.5, 0.6) is 0 Å². The predicted molar refractivity (Wildman–Crippen MR) is 57.4 cm³/mol. The van der Waals surface area contributed by atoms with E-state index in [9.17, 15) is 4.79 Å². The Morgan fingerprint density at radius 2 is 2.00 bits per heavy atom. The van der Waals surface area contributed by atoms with Crippen LogP contribution in [0.25, 0.3) is 0 Å². The summed E-state index contributed by atoms with van der Waals surface area (Å²) in [5, 5.41) is 0. The third-order valence-electron chi connectivity index (χ3n) is 2.81. The minimum atomic E-state index is -0.270. The molecule has 0 aromatic heterocycles. The van der Waals surface area contributed by atoms with Crippen LogP contribution < -0.4 is 0 Å². The molecule has 2 heterocycles. The molecule has 16 heavy (non-hydrogen) atoms. The van der Waals surface area contributed by atoms with Crippen LogP contribution in [0.4, 0.5) is 0 Å². The van der Waals surface area contributed by atoms with Gasteiger partial charge in [-0.05, 0) is 11.6 Å². The molecule has 0 radical (unpaired) electrons. The van der Waals surface area contributed by atoms with E-state index in [-0.39, 0.29) is 18.5 Å². The summed E-state index contributed by atoms with van der Waals surface area (Å²) in [7, 11) is 0. The van der Waals surface area contributed by atoms with Gasteiger partial charge in [0.15, 0.2) is 5.76 Å². The van der Waals surface area contributed by atoms with Crippen LogP contribution in [0.2, 0.25) is 0 Å². The van der Waals surface area contributed by atoms with Crippen molar-refractivity contribution in [2.75, 3.05) is 6.61 Å². The van der Waals surface area contributed by atoms with E-state index in [1.165, 1.54) is 0 Å². The van der Waals surface area contributed by atoms with Crippen LogP contribution in [-0.4, -0.2) is 12.6 Å². The number of esters is 1. The number of hydrogen-bond acceptors (Lipinski definition) is 3. The van der Waals surface area contributed by atoms with Gasteiger partial charge >= 0.3 is 5.97 Å². The highest BCUT2D eigenvalue weighted by molar-refractivity contribution is 5.93. The normalized spacial score (nSPS) is 22.8. The first-order valence-corrected chi connectivity index (χ1v) is 5.15. The second-order valence-corrected chi connectivity index (χ2v) is 3.75. The van der Waals surface area contributed by atoms with Gasteiger partial charge in [-0.2, -0.15) is 0 Å². The van der Waals surface area contributed by atoms with Crippen molar-refractivity contribution in [3.8, 4) is 0 Å². The summed E-state index contributed by atoms with van der Waals surface area (Å²) in [4.78, 5) is 11.6. The fourth-order valence-electron chi connectivity index (χ4n) is 2.03. The number of carbonyl (C=O) groups excluding carboxylic acids is 1. The lowest BCUT2D eigenvalue weighted by Crippen LogP contribution is -2.11. The average Bonchev–Trinajstić information content (AvgIpc) is 2.73. The first-order chi connectivity index (χ1) is 7.86. The summed E-state index contributed by atoms with van der Waals surface area (Å²) >= 11 is 0. The number of benzene rings is 1. The molecule has 0 bridgehead atoms. The standard InChI is InChI=1S/C13H10O3/c14-13-12-10(9-4-2-1-3-5-9)6-7-15-11(12)8-16-13/h1-7,10H,8H2/t10-/m1/s1. The number of ether oxygens (including phenoxy) is 2. The van der Waals surface area contributed by atoms with E-state index in [1.807, 2.05) is 36.4 Å². The average molecular weight is 214 g/mol. The van der Waals surface area contributed by atoms with E-state index in [4.69, 9.17) is 9.47 Å². The van der Waals surface area contributed by atoms with Gasteiger partial charge in [-0.25, -0.2) is 4.79 Å². The Morgan fingerprint density at radius 3 is 2.81 bits per heavy atom. The van der Waals surface area contributed by atoms with Crippen molar-refractivity contribution in [3.63, 3.8) is 0 Å². The molecular weight excluding hydrogens is 204 g/mol. The zero-order valence-corrected chi connectivity index (χ0v) is 8.55. The fourth-order valence-corrected chi connectivity index (χ4v) is 2.03. The highest BCUT2D eigenvalue weighted by atomic mass is 16.6. The molecule has 3 heteroatoms. The van der Waals surface area contributed by atoms with Gasteiger partial charge in [0.2, 0.25) is 0 Å². The molecule has 0 fully saturated rings. The van der Waals surface area contributed by atoms with Crippen molar-refractivity contribution in [3.05, 3.63) is 59.6 Å². The van der Waals surface area contributed by atoms with Crippen LogP contribution >= 0.6 is 0 Å². The van der Waals surface area contributed by atoms with Crippen molar-refractivity contribution in [2.24, 2.45) is 0 Å². The zero-order chi connectivity index (χ0) is 11.0. The summed E-state index contributed by atoms with van der Waals surface area (Å²) < 4.78 is 10.3. The number of carbonyl (C=O) groups is 1. The number of hydrogen-bond donors (Lipinski definition) is 0. The monoisotopic (exact) mass is 214 g/mol. The molecule has 2 aliphatic heterocycles. The molecule has 0 unspecified atom stereocenters. The Kier molecular flexibility index (Phi) is 2.03. The highest BCUT2D eigenvalue weighted by Crippen LogP contribution is 2.35. The van der Waals surface area contributed by atoms with Crippen molar-refractivity contribution >= 4 is 5.97 Å². The fraction of sp³-hybridized carbons (Fsp3) is 0.154. The maximum atomic E-state index is 11.6. The zero-order valence-electron chi connectivity index (χ0n) is 8.55. The largest absolute Gasteiger partial charge is 0.465 e. The predicted octanol–water partition coefficient (Wildman–Crippen LogP) is 2.12. The lowest BCUT2D eigenvalue weighted by atomic mass is 9.90. The number of allylic oxidation sites excluding steroid dienone is 1. The van der Waals surface area contributed by atoms with Crippen molar-refractivity contribution in [1.82, 2.24) is 0 Å². The maximum Gasteiger partial charge on any atom is 0.338 e. The summed E-state index contributed by atoms with van der Waals surface area (Å²) in [6.07, 6.45) is 3.50. The Labute approximate surface area is 93.0 Å². The van der Waals surface area contributed by atoms with E-state index in [0.29, 0.717) is 11.3 Å². The molecule has 3 nitrogen and oxygen atoms in total. The third-order valence-corrected chi connectivity index (χ3v) is 2.81. The van der Waals surface area contributed by atoms with Gasteiger partial charge in [0, 0.05) is 5.92 Å². The summed E-state index contributed by atoms with van der Waals surface area (Å²) in [6, 6.07) is 9.86. The Morgan fingerprint density at radius 1 is 1.19 bits per heavy atom. The minimum Gasteiger partial charge on any atom is -0.465 e.